The van der Waals surface area contributed by atoms with Crippen LogP contribution in [0.15, 0.2) is 24.3 Å². The normalized spacial score (nSPS) is 17.0. The van der Waals surface area contributed by atoms with Crippen molar-refractivity contribution in [1.82, 2.24) is 10.6 Å². The van der Waals surface area contributed by atoms with Gasteiger partial charge in [-0.25, -0.2) is 0 Å². The van der Waals surface area contributed by atoms with Crippen molar-refractivity contribution in [3.63, 3.8) is 0 Å². The third-order valence-electron chi connectivity index (χ3n) is 4.09. The summed E-state index contributed by atoms with van der Waals surface area (Å²) in [4.78, 5) is 12.3. The quantitative estimate of drug-likeness (QED) is 0.804. The Morgan fingerprint density at radius 1 is 1.35 bits per heavy atom. The average Bonchev–Trinajstić information content (AvgIpc) is 2.54. The van der Waals surface area contributed by atoms with Gasteiger partial charge in [0.1, 0.15) is 5.75 Å². The standard InChI is InChI=1S/C16H22F2N2O3/c1-22-11-16(6-8-19-9-7-16)10-20-14(21)12-4-2-3-5-13(12)23-15(17)18/h2-5,15,19H,6-11H2,1H3,(H,20,21). The van der Waals surface area contributed by atoms with E-state index >= 15 is 0 Å². The molecule has 0 saturated carbocycles. The van der Waals surface area contributed by atoms with Gasteiger partial charge in [-0.1, -0.05) is 12.1 Å². The third-order valence-corrected chi connectivity index (χ3v) is 4.09. The highest BCUT2D eigenvalue weighted by atomic mass is 19.3. The highest BCUT2D eigenvalue weighted by Gasteiger charge is 2.32. The molecule has 1 aromatic carbocycles. The predicted molar refractivity (Wildman–Crippen MR) is 81.8 cm³/mol. The Labute approximate surface area is 134 Å². The van der Waals surface area contributed by atoms with Gasteiger partial charge in [0.15, 0.2) is 0 Å². The number of carbonyl (C=O) groups excluding carboxylic acids is 1. The summed E-state index contributed by atoms with van der Waals surface area (Å²) in [7, 11) is 1.64. The third kappa shape index (κ3) is 4.87. The van der Waals surface area contributed by atoms with Crippen LogP contribution < -0.4 is 15.4 Å². The van der Waals surface area contributed by atoms with E-state index in [4.69, 9.17) is 4.74 Å². The van der Waals surface area contributed by atoms with E-state index in [1.807, 2.05) is 0 Å². The first kappa shape index (κ1) is 17.6. The molecule has 0 unspecified atom stereocenters. The first-order chi connectivity index (χ1) is 11.1. The van der Waals surface area contributed by atoms with Crippen LogP contribution >= 0.6 is 0 Å². The van der Waals surface area contributed by atoms with Gasteiger partial charge in [0.05, 0.1) is 12.2 Å². The van der Waals surface area contributed by atoms with Gasteiger partial charge in [-0.05, 0) is 38.1 Å². The number of methoxy groups -OCH3 is 1. The number of para-hydroxylation sites is 1. The van der Waals surface area contributed by atoms with E-state index < -0.39 is 12.5 Å². The molecule has 0 spiro atoms. The summed E-state index contributed by atoms with van der Waals surface area (Å²) < 4.78 is 34.5. The fourth-order valence-electron chi connectivity index (χ4n) is 2.85. The number of hydrogen-bond acceptors (Lipinski definition) is 4. The van der Waals surface area contributed by atoms with Crippen molar-refractivity contribution >= 4 is 5.91 Å². The molecule has 1 fully saturated rings. The molecule has 1 aromatic rings. The highest BCUT2D eigenvalue weighted by Crippen LogP contribution is 2.28. The van der Waals surface area contributed by atoms with Crippen LogP contribution in [0.3, 0.4) is 0 Å². The van der Waals surface area contributed by atoms with E-state index in [0.717, 1.165) is 25.9 Å². The minimum absolute atomic E-state index is 0.106. The number of carbonyl (C=O) groups is 1. The van der Waals surface area contributed by atoms with Crippen molar-refractivity contribution in [2.75, 3.05) is 33.4 Å². The Hall–Kier alpha value is -1.73. The molecule has 1 heterocycles. The van der Waals surface area contributed by atoms with Gasteiger partial charge in [-0.15, -0.1) is 0 Å². The van der Waals surface area contributed by atoms with E-state index in [1.54, 1.807) is 19.2 Å². The number of nitrogens with one attached hydrogen (secondary N) is 2. The van der Waals surface area contributed by atoms with E-state index in [-0.39, 0.29) is 16.7 Å². The highest BCUT2D eigenvalue weighted by molar-refractivity contribution is 5.96. The van der Waals surface area contributed by atoms with Gasteiger partial charge in [-0.2, -0.15) is 8.78 Å². The summed E-state index contributed by atoms with van der Waals surface area (Å²) in [6.45, 7) is -0.253. The summed E-state index contributed by atoms with van der Waals surface area (Å²) in [5.74, 6) is -0.540. The number of rotatable bonds is 7. The molecule has 23 heavy (non-hydrogen) atoms. The Morgan fingerprint density at radius 3 is 2.70 bits per heavy atom. The van der Waals surface area contributed by atoms with Crippen molar-refractivity contribution < 1.29 is 23.0 Å². The van der Waals surface area contributed by atoms with E-state index in [9.17, 15) is 13.6 Å². The van der Waals surface area contributed by atoms with Crippen molar-refractivity contribution in [3.05, 3.63) is 29.8 Å². The molecule has 128 valence electrons. The number of halogens is 2. The van der Waals surface area contributed by atoms with Crippen molar-refractivity contribution in [2.24, 2.45) is 5.41 Å². The van der Waals surface area contributed by atoms with Gasteiger partial charge < -0.3 is 20.1 Å². The zero-order valence-electron chi connectivity index (χ0n) is 13.1. The lowest BCUT2D eigenvalue weighted by molar-refractivity contribution is -0.0501. The predicted octanol–water partition coefficient (Wildman–Crippen LogP) is 2.03. The first-order valence-corrected chi connectivity index (χ1v) is 7.58. The molecule has 0 aliphatic carbocycles. The lowest BCUT2D eigenvalue weighted by Crippen LogP contribution is -2.47. The molecule has 1 amide bonds. The Bertz CT molecular complexity index is 514. The van der Waals surface area contributed by atoms with Crippen LogP contribution in [-0.4, -0.2) is 45.9 Å². The van der Waals surface area contributed by atoms with Crippen molar-refractivity contribution in [1.29, 1.82) is 0 Å². The molecule has 0 aromatic heterocycles. The van der Waals surface area contributed by atoms with Crippen LogP contribution in [0.4, 0.5) is 8.78 Å². The maximum absolute atomic E-state index is 12.4. The number of ether oxygens (including phenoxy) is 2. The Morgan fingerprint density at radius 2 is 2.04 bits per heavy atom. The lowest BCUT2D eigenvalue weighted by Gasteiger charge is -2.37. The van der Waals surface area contributed by atoms with Crippen molar-refractivity contribution in [3.8, 4) is 5.75 Å². The summed E-state index contributed by atoms with van der Waals surface area (Å²) >= 11 is 0. The topological polar surface area (TPSA) is 59.6 Å². The number of benzene rings is 1. The van der Waals surface area contributed by atoms with Crippen molar-refractivity contribution in [2.45, 2.75) is 19.5 Å². The average molecular weight is 328 g/mol. The molecule has 0 radical (unpaired) electrons. The second-order valence-corrected chi connectivity index (χ2v) is 5.74. The Kier molecular flexibility index (Phi) is 6.29. The molecule has 0 atom stereocenters. The molecule has 5 nitrogen and oxygen atoms in total. The molecule has 1 aliphatic rings. The van der Waals surface area contributed by atoms with Crippen LogP contribution in [-0.2, 0) is 4.74 Å². The summed E-state index contributed by atoms with van der Waals surface area (Å²) in [5.41, 5.74) is -0.0249. The Balaban J connectivity index is 2.03. The molecule has 2 rings (SSSR count). The van der Waals surface area contributed by atoms with Gasteiger partial charge in [0.2, 0.25) is 0 Å². The number of piperidine rings is 1. The van der Waals surface area contributed by atoms with Crippen LogP contribution in [0.5, 0.6) is 5.75 Å². The molecule has 7 heteroatoms. The SMILES string of the molecule is COCC1(CNC(=O)c2ccccc2OC(F)F)CCNCC1. The second kappa shape index (κ2) is 8.21. The lowest BCUT2D eigenvalue weighted by atomic mass is 9.79. The molecule has 2 N–H and O–H groups in total. The largest absolute Gasteiger partial charge is 0.434 e. The van der Waals surface area contributed by atoms with E-state index in [0.29, 0.717) is 13.2 Å². The fourth-order valence-corrected chi connectivity index (χ4v) is 2.85. The monoisotopic (exact) mass is 328 g/mol. The summed E-state index contributed by atoms with van der Waals surface area (Å²) in [6, 6.07) is 5.99. The molecule has 1 saturated heterocycles. The first-order valence-electron chi connectivity index (χ1n) is 7.58. The zero-order valence-corrected chi connectivity index (χ0v) is 13.1. The molecule has 0 bridgehead atoms. The van der Waals surface area contributed by atoms with Gasteiger partial charge in [-0.3, -0.25) is 4.79 Å². The van der Waals surface area contributed by atoms with Crippen LogP contribution in [0, 0.1) is 5.41 Å². The minimum atomic E-state index is -2.96. The van der Waals surface area contributed by atoms with Gasteiger partial charge >= 0.3 is 6.61 Å². The summed E-state index contributed by atoms with van der Waals surface area (Å²) in [5, 5.41) is 6.11. The van der Waals surface area contributed by atoms with E-state index in [1.165, 1.54) is 12.1 Å². The van der Waals surface area contributed by atoms with Crippen LogP contribution in [0.2, 0.25) is 0 Å². The second-order valence-electron chi connectivity index (χ2n) is 5.74. The maximum Gasteiger partial charge on any atom is 0.387 e. The van der Waals surface area contributed by atoms with Gasteiger partial charge in [0.25, 0.3) is 5.91 Å². The summed E-state index contributed by atoms with van der Waals surface area (Å²) in [6.07, 6.45) is 1.77. The molecular weight excluding hydrogens is 306 g/mol. The van der Waals surface area contributed by atoms with Crippen LogP contribution in [0.25, 0.3) is 0 Å². The molecular formula is C16H22F2N2O3. The number of amides is 1. The number of hydrogen-bond donors (Lipinski definition) is 2. The van der Waals surface area contributed by atoms with E-state index in [2.05, 4.69) is 15.4 Å². The van der Waals surface area contributed by atoms with Gasteiger partial charge in [0, 0.05) is 19.1 Å². The maximum atomic E-state index is 12.4. The van der Waals surface area contributed by atoms with Crippen LogP contribution in [0.1, 0.15) is 23.2 Å². The minimum Gasteiger partial charge on any atom is -0.434 e. The number of alkyl halides is 2. The zero-order chi connectivity index (χ0) is 16.7. The fraction of sp³-hybridized carbons (Fsp3) is 0.562. The molecule has 1 aliphatic heterocycles. The smallest absolute Gasteiger partial charge is 0.387 e.